The molecule has 0 aliphatic rings. The molecule has 3 atom stereocenters. The van der Waals surface area contributed by atoms with Crippen LogP contribution in [0.3, 0.4) is 0 Å². The number of alkyl halides is 2. The molecular weight excluding hydrogens is 608 g/mol. The molecule has 0 spiro atoms. The van der Waals surface area contributed by atoms with E-state index in [0.29, 0.717) is 0 Å². The molecule has 252 valence electrons. The van der Waals surface area contributed by atoms with Crippen molar-refractivity contribution in [1.29, 1.82) is 0 Å². The number of amides is 1. The lowest BCUT2D eigenvalue weighted by Gasteiger charge is -2.43. The van der Waals surface area contributed by atoms with E-state index in [-0.39, 0.29) is 37.3 Å². The van der Waals surface area contributed by atoms with Crippen LogP contribution >= 0.6 is 0 Å². The molecule has 0 aromatic heterocycles. The molecule has 7 nitrogen and oxygen atoms in total. The third-order valence-corrected chi connectivity index (χ3v) is 13.2. The van der Waals surface area contributed by atoms with Gasteiger partial charge in [-0.1, -0.05) is 119 Å². The Kier molecular flexibility index (Phi) is 13.5. The van der Waals surface area contributed by atoms with Gasteiger partial charge in [0.25, 0.3) is 8.32 Å². The van der Waals surface area contributed by atoms with Crippen molar-refractivity contribution in [2.45, 2.75) is 89.9 Å². The Morgan fingerprint density at radius 1 is 0.870 bits per heavy atom. The summed E-state index contributed by atoms with van der Waals surface area (Å²) in [4.78, 5) is 15.0. The Hall–Kier alpha value is -3.15. The maximum absolute atomic E-state index is 15.0. The molecule has 0 heterocycles. The van der Waals surface area contributed by atoms with Crippen molar-refractivity contribution < 1.29 is 37.7 Å². The zero-order valence-electron chi connectivity index (χ0n) is 27.7. The van der Waals surface area contributed by atoms with E-state index in [1.807, 2.05) is 54.6 Å². The molecule has 1 amide bonds. The van der Waals surface area contributed by atoms with Crippen LogP contribution in [0.25, 0.3) is 0 Å². The summed E-state index contributed by atoms with van der Waals surface area (Å²) in [7, 11) is -2.89. The van der Waals surface area contributed by atoms with E-state index in [4.69, 9.17) is 13.9 Å². The molecule has 3 rings (SSSR count). The first-order valence-electron chi connectivity index (χ1n) is 15.8. The number of hydrogen-bond acceptors (Lipinski definition) is 6. The summed E-state index contributed by atoms with van der Waals surface area (Å²) in [5, 5.41) is 22.6. The Balaban J connectivity index is 1.83. The Bertz CT molecular complexity index is 1290. The number of benzene rings is 3. The van der Waals surface area contributed by atoms with Gasteiger partial charge in [0.15, 0.2) is 12.2 Å². The highest BCUT2D eigenvalue weighted by molar-refractivity contribution is 6.99. The summed E-state index contributed by atoms with van der Waals surface area (Å²) in [5.74, 6) is -3.94. The van der Waals surface area contributed by atoms with Gasteiger partial charge in [-0.3, -0.25) is 0 Å². The summed E-state index contributed by atoms with van der Waals surface area (Å²) >= 11 is 0. The maximum atomic E-state index is 15.0. The van der Waals surface area contributed by atoms with E-state index in [1.165, 1.54) is 11.8 Å². The number of rotatable bonds is 16. The summed E-state index contributed by atoms with van der Waals surface area (Å²) in [6.45, 7) is 11.2. The molecule has 3 aromatic rings. The number of aliphatic hydroxyl groups is 2. The Morgan fingerprint density at radius 3 is 1.83 bits per heavy atom. The lowest BCUT2D eigenvalue weighted by molar-refractivity contribution is -0.212. The van der Waals surface area contributed by atoms with E-state index in [0.717, 1.165) is 15.9 Å². The molecule has 0 saturated carbocycles. The van der Waals surface area contributed by atoms with Crippen molar-refractivity contribution >= 4 is 24.8 Å². The van der Waals surface area contributed by atoms with E-state index >= 15 is 8.78 Å². The number of aliphatic hydroxyl groups excluding tert-OH is 2. The molecule has 0 unspecified atom stereocenters. The minimum Gasteiger partial charge on any atom is -0.441 e. The van der Waals surface area contributed by atoms with Crippen LogP contribution in [0.4, 0.5) is 13.6 Å². The van der Waals surface area contributed by atoms with Crippen molar-refractivity contribution in [2.24, 2.45) is 0 Å². The van der Waals surface area contributed by atoms with E-state index in [2.05, 4.69) is 45.0 Å². The molecular formula is C36H49F2NO6Si. The molecule has 10 heteroatoms. The fraction of sp³-hybridized carbons (Fsp3) is 0.472. The topological polar surface area (TPSA) is 88.5 Å². The molecule has 0 radical (unpaired) electrons. The Morgan fingerprint density at radius 2 is 1.37 bits per heavy atom. The lowest BCUT2D eigenvalue weighted by atomic mass is 10.0. The van der Waals surface area contributed by atoms with Crippen LogP contribution in [0.2, 0.25) is 5.04 Å². The van der Waals surface area contributed by atoms with Gasteiger partial charge in [0, 0.05) is 12.6 Å². The van der Waals surface area contributed by atoms with Crippen molar-refractivity contribution in [3.05, 3.63) is 96.6 Å². The lowest BCUT2D eigenvalue weighted by Crippen LogP contribution is -2.67. The predicted molar refractivity (Wildman–Crippen MR) is 179 cm³/mol. The van der Waals surface area contributed by atoms with Gasteiger partial charge < -0.3 is 29.0 Å². The number of carbonyl (C=O) groups is 1. The average Bonchev–Trinajstić information content (AvgIpc) is 3.04. The van der Waals surface area contributed by atoms with Gasteiger partial charge in [-0.15, -0.1) is 0 Å². The third kappa shape index (κ3) is 9.01. The monoisotopic (exact) mass is 657 g/mol. The largest absolute Gasteiger partial charge is 0.441 e. The fourth-order valence-corrected chi connectivity index (χ4v) is 10.1. The highest BCUT2D eigenvalue weighted by atomic mass is 28.4. The zero-order valence-corrected chi connectivity index (χ0v) is 28.7. The molecule has 0 saturated heterocycles. The highest BCUT2D eigenvalue weighted by Crippen LogP contribution is 2.37. The van der Waals surface area contributed by atoms with Gasteiger partial charge in [-0.25, -0.2) is 13.6 Å². The van der Waals surface area contributed by atoms with Crippen LogP contribution in [0.5, 0.6) is 0 Å². The van der Waals surface area contributed by atoms with Crippen LogP contribution in [0.1, 0.15) is 53.5 Å². The van der Waals surface area contributed by atoms with Crippen molar-refractivity contribution in [3.63, 3.8) is 0 Å². The van der Waals surface area contributed by atoms with Crippen molar-refractivity contribution in [2.75, 3.05) is 19.8 Å². The normalized spacial score (nSPS) is 14.5. The van der Waals surface area contributed by atoms with Gasteiger partial charge in [0.05, 0.1) is 19.8 Å². The second-order valence-electron chi connectivity index (χ2n) is 12.8. The Labute approximate surface area is 273 Å². The van der Waals surface area contributed by atoms with Gasteiger partial charge in [-0.05, 0) is 41.2 Å². The molecule has 46 heavy (non-hydrogen) atoms. The number of ether oxygens (including phenoxy) is 2. The average molecular weight is 658 g/mol. The third-order valence-electron chi connectivity index (χ3n) is 8.15. The van der Waals surface area contributed by atoms with Crippen molar-refractivity contribution in [1.82, 2.24) is 4.90 Å². The first-order valence-corrected chi connectivity index (χ1v) is 17.7. The van der Waals surface area contributed by atoms with E-state index in [1.54, 1.807) is 26.0 Å². The molecule has 0 aliphatic carbocycles. The van der Waals surface area contributed by atoms with Gasteiger partial charge in [-0.2, -0.15) is 0 Å². The second-order valence-corrected chi connectivity index (χ2v) is 17.1. The summed E-state index contributed by atoms with van der Waals surface area (Å²) in [6.07, 6.45) is -7.56. The molecule has 0 bridgehead atoms. The molecule has 2 N–H and O–H groups in total. The smallest absolute Gasteiger partial charge is 0.410 e. The van der Waals surface area contributed by atoms with Crippen LogP contribution in [-0.4, -0.2) is 79.6 Å². The van der Waals surface area contributed by atoms with E-state index < -0.39 is 45.3 Å². The quantitative estimate of drug-likeness (QED) is 0.191. The predicted octanol–water partition coefficient (Wildman–Crippen LogP) is 5.76. The van der Waals surface area contributed by atoms with Crippen molar-refractivity contribution in [3.8, 4) is 0 Å². The SMILES string of the molecule is CC[C@@H](O)C(F)(F)[C@@H](O)[C@@H](COCc1ccccc1)OC(=O)N(CCO[Si](c1ccccc1)(c1ccccc1)C(C)(C)C)C(C)C. The zero-order chi connectivity index (χ0) is 34.0. The van der Waals surface area contributed by atoms with E-state index in [9.17, 15) is 15.0 Å². The summed E-state index contributed by atoms with van der Waals surface area (Å²) < 4.78 is 48.1. The number of halogens is 2. The first-order chi connectivity index (χ1) is 21.8. The maximum Gasteiger partial charge on any atom is 0.410 e. The summed E-state index contributed by atoms with van der Waals surface area (Å²) in [6, 6.07) is 28.9. The number of hydrogen-bond donors (Lipinski definition) is 2. The van der Waals surface area contributed by atoms with Crippen LogP contribution in [0.15, 0.2) is 91.0 Å². The molecule has 3 aromatic carbocycles. The second kappa shape index (κ2) is 16.6. The van der Waals surface area contributed by atoms with Crippen LogP contribution in [-0.2, 0) is 20.5 Å². The number of nitrogens with zero attached hydrogens (tertiary/aromatic N) is 1. The summed E-state index contributed by atoms with van der Waals surface area (Å²) in [5.41, 5.74) is 0.784. The fourth-order valence-electron chi connectivity index (χ4n) is 5.59. The van der Waals surface area contributed by atoms with Crippen LogP contribution in [0, 0.1) is 0 Å². The minimum absolute atomic E-state index is 0.0593. The molecule has 0 aliphatic heterocycles. The van der Waals surface area contributed by atoms with Gasteiger partial charge in [0.1, 0.15) is 6.10 Å². The number of carbonyl (C=O) groups excluding carboxylic acids is 1. The highest BCUT2D eigenvalue weighted by Gasteiger charge is 2.51. The first kappa shape index (κ1) is 37.3. The van der Waals surface area contributed by atoms with Gasteiger partial charge in [0.2, 0.25) is 0 Å². The molecule has 0 fully saturated rings. The van der Waals surface area contributed by atoms with Crippen LogP contribution < -0.4 is 10.4 Å². The standard InChI is InChI=1S/C36H49F2NO6Si/c1-7-32(40)36(37,38)33(41)31(26-43-25-28-17-11-8-12-18-28)45-34(42)39(27(2)3)23-24-44-46(35(4,5)6,29-19-13-9-14-20-29)30-21-15-10-16-22-30/h8-22,27,31-33,40-41H,7,23-26H2,1-6H3/t31-,32-,33+/m1/s1. The minimum atomic E-state index is -3.94. The van der Waals surface area contributed by atoms with Gasteiger partial charge >= 0.3 is 12.0 Å².